The van der Waals surface area contributed by atoms with Crippen LogP contribution in [-0.2, 0) is 32.7 Å². The van der Waals surface area contributed by atoms with E-state index in [1.54, 1.807) is 0 Å². The number of carbonyl (C=O) groups is 2. The van der Waals surface area contributed by atoms with Crippen LogP contribution in [0.1, 0.15) is 438 Å². The lowest BCUT2D eigenvalue weighted by Crippen LogP contribution is -2.37. The fourth-order valence-electron chi connectivity index (χ4n) is 12.7. The van der Waals surface area contributed by atoms with Crippen LogP contribution in [0.5, 0.6) is 0 Å². The normalized spacial score (nSPS) is 13.1. The van der Waals surface area contributed by atoms with Crippen LogP contribution in [0, 0.1) is 0 Å². The number of ether oxygens (including phenoxy) is 2. The Bertz CT molecular complexity index is 1680. The number of phosphoric ester groups is 1. The second-order valence-corrected chi connectivity index (χ2v) is 31.3. The topological polar surface area (TPSA) is 111 Å². The third-order valence-corrected chi connectivity index (χ3v) is 20.1. The predicted molar refractivity (Wildman–Crippen MR) is 407 cm³/mol. The summed E-state index contributed by atoms with van der Waals surface area (Å²) in [5, 5.41) is 0. The van der Waals surface area contributed by atoms with Gasteiger partial charge in [-0.25, -0.2) is 0 Å². The average molecular weight is 1350 g/mol. The number of nitrogens with zero attached hydrogens (tertiary/aromatic N) is 1. The van der Waals surface area contributed by atoms with Crippen molar-refractivity contribution in [1.82, 2.24) is 0 Å². The van der Waals surface area contributed by atoms with E-state index in [0.717, 1.165) is 38.5 Å². The van der Waals surface area contributed by atoms with E-state index in [-0.39, 0.29) is 32.0 Å². The summed E-state index contributed by atoms with van der Waals surface area (Å²) in [6, 6.07) is 0. The molecule has 0 radical (unpaired) electrons. The van der Waals surface area contributed by atoms with Crippen LogP contribution in [0.3, 0.4) is 0 Å². The lowest BCUT2D eigenvalue weighted by Gasteiger charge is -2.28. The van der Waals surface area contributed by atoms with Crippen LogP contribution in [0.25, 0.3) is 0 Å². The van der Waals surface area contributed by atoms with E-state index >= 15 is 0 Å². The van der Waals surface area contributed by atoms with Gasteiger partial charge in [-0.1, -0.05) is 391 Å². The maximum absolute atomic E-state index is 12.9. The van der Waals surface area contributed by atoms with Gasteiger partial charge in [0.05, 0.1) is 27.7 Å². The number of esters is 2. The summed E-state index contributed by atoms with van der Waals surface area (Å²) in [4.78, 5) is 38.2. The highest BCUT2D eigenvalue weighted by Crippen LogP contribution is 2.38. The van der Waals surface area contributed by atoms with Crippen LogP contribution in [0.15, 0.2) is 36.5 Å². The van der Waals surface area contributed by atoms with Crippen molar-refractivity contribution in [3.8, 4) is 0 Å². The van der Waals surface area contributed by atoms with Crippen molar-refractivity contribution in [1.29, 1.82) is 0 Å². The maximum atomic E-state index is 12.9. The molecule has 0 fully saturated rings. The standard InChI is InChI=1S/C84H162NO8P/c1-6-8-10-12-14-16-18-20-22-24-26-28-30-32-34-36-38-39-40-41-42-43-44-45-47-48-50-52-54-56-58-60-62-64-66-68-70-72-74-76-83(86)90-80-82(81-92-94(88,89)91-79-78-85(3,4)5)93-84(87)77-75-73-71-69-67-65-63-61-59-57-55-53-51-49-46-37-35-33-31-29-27-25-23-21-19-17-15-13-11-9-7-2/h19,21,24-27,82H,6-18,20,22-23,28-81H2,1-5H3/b21-19-,26-24-,27-25-. The molecule has 0 aromatic rings. The second kappa shape index (κ2) is 75.4. The molecule has 0 saturated carbocycles. The summed E-state index contributed by atoms with van der Waals surface area (Å²) in [7, 11) is 1.19. The highest BCUT2D eigenvalue weighted by molar-refractivity contribution is 7.45. The van der Waals surface area contributed by atoms with E-state index in [1.165, 1.54) is 366 Å². The molecule has 10 heteroatoms. The molecule has 0 spiro atoms. The minimum atomic E-state index is -4.64. The molecule has 94 heavy (non-hydrogen) atoms. The predicted octanol–water partition coefficient (Wildman–Crippen LogP) is 27.1. The lowest BCUT2D eigenvalue weighted by molar-refractivity contribution is -0.870. The van der Waals surface area contributed by atoms with Gasteiger partial charge in [-0.3, -0.25) is 14.2 Å². The van der Waals surface area contributed by atoms with E-state index in [2.05, 4.69) is 50.3 Å². The number of carbonyl (C=O) groups excluding carboxylic acids is 2. The molecule has 0 saturated heterocycles. The van der Waals surface area contributed by atoms with E-state index in [9.17, 15) is 19.0 Å². The summed E-state index contributed by atoms with van der Waals surface area (Å²) < 4.78 is 34.4. The van der Waals surface area contributed by atoms with Crippen LogP contribution in [-0.4, -0.2) is 70.0 Å². The molecule has 2 atom stereocenters. The van der Waals surface area contributed by atoms with Gasteiger partial charge in [0.15, 0.2) is 6.10 Å². The first-order valence-corrected chi connectivity index (χ1v) is 43.2. The van der Waals surface area contributed by atoms with Gasteiger partial charge in [-0.15, -0.1) is 0 Å². The van der Waals surface area contributed by atoms with Crippen molar-refractivity contribution in [2.75, 3.05) is 47.5 Å². The number of rotatable bonds is 79. The summed E-state index contributed by atoms with van der Waals surface area (Å²) in [5.74, 6) is -0.806. The molecule has 0 amide bonds. The number of quaternary nitrogens is 1. The van der Waals surface area contributed by atoms with Crippen molar-refractivity contribution in [3.63, 3.8) is 0 Å². The zero-order valence-electron chi connectivity index (χ0n) is 63.7. The first kappa shape index (κ1) is 92.2. The van der Waals surface area contributed by atoms with Crippen molar-refractivity contribution < 1.29 is 42.1 Å². The highest BCUT2D eigenvalue weighted by Gasteiger charge is 2.22. The largest absolute Gasteiger partial charge is 0.756 e. The Labute approximate surface area is 586 Å². The summed E-state index contributed by atoms with van der Waals surface area (Å²) >= 11 is 0. The Hall–Kier alpha value is -1.77. The van der Waals surface area contributed by atoms with E-state index in [1.807, 2.05) is 21.1 Å². The number of likely N-dealkylation sites (N-methyl/N-ethyl adjacent to an activating group) is 1. The Morgan fingerprint density at radius 2 is 0.574 bits per heavy atom. The quantitative estimate of drug-likeness (QED) is 0.0195. The summed E-state index contributed by atoms with van der Waals surface area (Å²) in [6.07, 6.45) is 98.6. The third-order valence-electron chi connectivity index (χ3n) is 19.1. The highest BCUT2D eigenvalue weighted by atomic mass is 31.2. The second-order valence-electron chi connectivity index (χ2n) is 29.8. The third kappa shape index (κ3) is 79.2. The average Bonchev–Trinajstić information content (AvgIpc) is 1.66. The Morgan fingerprint density at radius 3 is 0.851 bits per heavy atom. The minimum Gasteiger partial charge on any atom is -0.756 e. The molecule has 0 rings (SSSR count). The first-order valence-electron chi connectivity index (χ1n) is 41.7. The molecular weight excluding hydrogens is 1180 g/mol. The van der Waals surface area contributed by atoms with Crippen LogP contribution in [0.2, 0.25) is 0 Å². The van der Waals surface area contributed by atoms with Gasteiger partial charge in [0.1, 0.15) is 19.8 Å². The molecule has 0 aromatic carbocycles. The molecule has 2 unspecified atom stereocenters. The van der Waals surface area contributed by atoms with Crippen molar-refractivity contribution >= 4 is 19.8 Å². The van der Waals surface area contributed by atoms with E-state index in [4.69, 9.17) is 18.5 Å². The Morgan fingerprint density at radius 1 is 0.330 bits per heavy atom. The molecule has 0 aromatic heterocycles. The van der Waals surface area contributed by atoms with Crippen molar-refractivity contribution in [2.24, 2.45) is 0 Å². The molecule has 0 aliphatic heterocycles. The molecule has 0 aliphatic carbocycles. The van der Waals surface area contributed by atoms with Gasteiger partial charge in [-0.2, -0.15) is 0 Å². The molecular formula is C84H162NO8P. The summed E-state index contributed by atoms with van der Waals surface area (Å²) in [6.45, 7) is 4.31. The van der Waals surface area contributed by atoms with Gasteiger partial charge >= 0.3 is 11.9 Å². The summed E-state index contributed by atoms with van der Waals surface area (Å²) in [5.41, 5.74) is 0. The Kier molecular flexibility index (Phi) is 74.0. The smallest absolute Gasteiger partial charge is 0.306 e. The SMILES string of the molecule is CCCCCCC/C=C\C/C=C\CCCCCCCCCCCCCCCCCCCCCC(=O)OC(COC(=O)CCCCCCCCCCCCCCCCCCCCCCCCCCCCC/C=C\CCCCCCCCCC)COP(=O)([O-])OCC[N+](C)(C)C. The number of allylic oxidation sites excluding steroid dienone is 6. The zero-order valence-corrected chi connectivity index (χ0v) is 64.6. The Balaban J connectivity index is 3.87. The zero-order chi connectivity index (χ0) is 68.3. The van der Waals surface area contributed by atoms with Gasteiger partial charge in [0, 0.05) is 12.8 Å². The van der Waals surface area contributed by atoms with Gasteiger partial charge in [-0.05, 0) is 70.6 Å². The first-order chi connectivity index (χ1) is 46.0. The van der Waals surface area contributed by atoms with Crippen molar-refractivity contribution in [2.45, 2.75) is 444 Å². The molecule has 0 aliphatic rings. The van der Waals surface area contributed by atoms with Crippen LogP contribution < -0.4 is 4.89 Å². The number of hydrogen-bond donors (Lipinski definition) is 0. The van der Waals surface area contributed by atoms with E-state index in [0.29, 0.717) is 17.4 Å². The molecule has 556 valence electrons. The lowest BCUT2D eigenvalue weighted by atomic mass is 10.0. The molecule has 0 bridgehead atoms. The van der Waals surface area contributed by atoms with Gasteiger partial charge < -0.3 is 27.9 Å². The number of phosphoric acid groups is 1. The van der Waals surface area contributed by atoms with Gasteiger partial charge in [0.2, 0.25) is 0 Å². The van der Waals surface area contributed by atoms with E-state index < -0.39 is 26.5 Å². The number of unbranched alkanes of at least 4 members (excludes halogenated alkanes) is 59. The minimum absolute atomic E-state index is 0.0272. The molecule has 0 N–H and O–H groups in total. The fourth-order valence-corrected chi connectivity index (χ4v) is 13.5. The number of hydrogen-bond acceptors (Lipinski definition) is 8. The van der Waals surface area contributed by atoms with Crippen molar-refractivity contribution in [3.05, 3.63) is 36.5 Å². The van der Waals surface area contributed by atoms with Crippen LogP contribution >= 0.6 is 7.82 Å². The van der Waals surface area contributed by atoms with Gasteiger partial charge in [0.25, 0.3) is 7.82 Å². The fraction of sp³-hybridized carbons (Fsp3) is 0.905. The maximum Gasteiger partial charge on any atom is 0.306 e. The molecule has 9 nitrogen and oxygen atoms in total. The van der Waals surface area contributed by atoms with Crippen LogP contribution in [0.4, 0.5) is 0 Å². The monoisotopic (exact) mass is 1340 g/mol. The molecule has 0 heterocycles.